The number of nitrogens with zero attached hydrogens (tertiary/aromatic N) is 3. The Morgan fingerprint density at radius 3 is 2.50 bits per heavy atom. The molecule has 8 heteroatoms. The van der Waals surface area contributed by atoms with E-state index < -0.39 is 10.0 Å². The van der Waals surface area contributed by atoms with E-state index in [9.17, 15) is 8.42 Å². The molecule has 1 aliphatic rings. The molecule has 1 aliphatic carbocycles. The van der Waals surface area contributed by atoms with Crippen molar-refractivity contribution in [3.05, 3.63) is 53.9 Å². The third kappa shape index (κ3) is 2.60. The van der Waals surface area contributed by atoms with Crippen LogP contribution in [0.5, 0.6) is 0 Å². The molecule has 0 aliphatic heterocycles. The molecule has 3 aromatic rings. The molecule has 1 N–H and O–H groups in total. The van der Waals surface area contributed by atoms with Crippen molar-refractivity contribution in [2.45, 2.75) is 16.4 Å². The van der Waals surface area contributed by atoms with Gasteiger partial charge in [-0.05, 0) is 21.9 Å². The van der Waals surface area contributed by atoms with Gasteiger partial charge in [0.25, 0.3) is 0 Å². The molecule has 0 saturated heterocycles. The first-order valence-electron chi connectivity index (χ1n) is 7.43. The summed E-state index contributed by atoms with van der Waals surface area (Å²) in [5.41, 5.74) is 2.13. The first-order valence-corrected chi connectivity index (χ1v) is 10.2. The molecule has 1 heterocycles. The minimum atomic E-state index is -3.35. The van der Waals surface area contributed by atoms with Crippen LogP contribution in [-0.2, 0) is 17.1 Å². The van der Waals surface area contributed by atoms with Gasteiger partial charge < -0.3 is 4.57 Å². The maximum absolute atomic E-state index is 11.9. The average molecular weight is 360 g/mol. The Morgan fingerprint density at radius 2 is 1.88 bits per heavy atom. The van der Waals surface area contributed by atoms with Gasteiger partial charge in [0.1, 0.15) is 6.33 Å². The number of benzene rings is 2. The van der Waals surface area contributed by atoms with Gasteiger partial charge in [0.2, 0.25) is 10.0 Å². The van der Waals surface area contributed by atoms with Crippen molar-refractivity contribution in [2.75, 3.05) is 6.26 Å². The zero-order valence-corrected chi connectivity index (χ0v) is 14.8. The molecule has 24 heavy (non-hydrogen) atoms. The summed E-state index contributed by atoms with van der Waals surface area (Å²) >= 11 is 1.53. The van der Waals surface area contributed by atoms with E-state index in [0.29, 0.717) is 0 Å². The monoisotopic (exact) mass is 360 g/mol. The summed E-state index contributed by atoms with van der Waals surface area (Å²) in [5, 5.41) is 11.0. The molecular formula is C16H16N4O2S2. The minimum absolute atomic E-state index is 0.0938. The number of hydrogen-bond donors (Lipinski definition) is 1. The topological polar surface area (TPSA) is 76.9 Å². The minimum Gasteiger partial charge on any atom is -0.312 e. The number of sulfonamides is 1. The van der Waals surface area contributed by atoms with Crippen LogP contribution in [-0.4, -0.2) is 29.4 Å². The molecule has 6 nitrogen and oxygen atoms in total. The summed E-state index contributed by atoms with van der Waals surface area (Å²) in [5.74, 6) is 0. The SMILES string of the molecule is Cn1cnnc1S[C@@H]1c2cccc3cccc(c23)[C@@H]1NS(C)(=O)=O. The van der Waals surface area contributed by atoms with Crippen LogP contribution < -0.4 is 4.72 Å². The second kappa shape index (κ2) is 5.58. The van der Waals surface area contributed by atoms with Crippen LogP contribution >= 0.6 is 11.8 Å². The Labute approximate surface area is 144 Å². The van der Waals surface area contributed by atoms with Crippen LogP contribution in [0, 0.1) is 0 Å². The van der Waals surface area contributed by atoms with Crippen molar-refractivity contribution in [1.29, 1.82) is 0 Å². The lowest BCUT2D eigenvalue weighted by atomic mass is 10.1. The van der Waals surface area contributed by atoms with Gasteiger partial charge in [0, 0.05) is 7.05 Å². The van der Waals surface area contributed by atoms with Gasteiger partial charge in [-0.3, -0.25) is 0 Å². The molecule has 0 radical (unpaired) electrons. The Hall–Kier alpha value is -1.90. The van der Waals surface area contributed by atoms with Crippen LogP contribution in [0.3, 0.4) is 0 Å². The van der Waals surface area contributed by atoms with E-state index >= 15 is 0 Å². The predicted molar refractivity (Wildman–Crippen MR) is 94.3 cm³/mol. The Morgan fingerprint density at radius 1 is 1.17 bits per heavy atom. The van der Waals surface area contributed by atoms with Gasteiger partial charge in [-0.15, -0.1) is 10.2 Å². The van der Waals surface area contributed by atoms with Crippen molar-refractivity contribution in [1.82, 2.24) is 19.5 Å². The highest BCUT2D eigenvalue weighted by Crippen LogP contribution is 2.52. The molecule has 2 atom stereocenters. The normalized spacial score (nSPS) is 19.9. The molecule has 0 fully saturated rings. The van der Waals surface area contributed by atoms with Gasteiger partial charge in [-0.1, -0.05) is 48.2 Å². The smallest absolute Gasteiger partial charge is 0.209 e. The molecule has 0 amide bonds. The van der Waals surface area contributed by atoms with E-state index in [2.05, 4.69) is 33.1 Å². The molecule has 0 saturated carbocycles. The van der Waals surface area contributed by atoms with Crippen LogP contribution in [0.25, 0.3) is 10.8 Å². The summed E-state index contributed by atoms with van der Waals surface area (Å²) < 4.78 is 28.5. The fraction of sp³-hybridized carbons (Fsp3) is 0.250. The van der Waals surface area contributed by atoms with E-state index in [1.54, 1.807) is 6.33 Å². The van der Waals surface area contributed by atoms with Crippen LogP contribution in [0.15, 0.2) is 47.9 Å². The number of rotatable bonds is 4. The van der Waals surface area contributed by atoms with Gasteiger partial charge in [-0.25, -0.2) is 13.1 Å². The van der Waals surface area contributed by atoms with Crippen molar-refractivity contribution >= 4 is 32.6 Å². The Kier molecular flexibility index (Phi) is 3.63. The summed E-state index contributed by atoms with van der Waals surface area (Å²) in [4.78, 5) is 0. The fourth-order valence-electron chi connectivity index (χ4n) is 3.22. The zero-order valence-electron chi connectivity index (χ0n) is 13.2. The molecular weight excluding hydrogens is 344 g/mol. The summed E-state index contributed by atoms with van der Waals surface area (Å²) in [7, 11) is -1.47. The number of nitrogens with one attached hydrogen (secondary N) is 1. The van der Waals surface area contributed by atoms with Crippen molar-refractivity contribution < 1.29 is 8.42 Å². The summed E-state index contributed by atoms with van der Waals surface area (Å²) in [6.45, 7) is 0. The Balaban J connectivity index is 1.87. The molecule has 2 aromatic carbocycles. The van der Waals surface area contributed by atoms with E-state index in [1.807, 2.05) is 29.8 Å². The highest BCUT2D eigenvalue weighted by molar-refractivity contribution is 7.99. The molecule has 1 aromatic heterocycles. The van der Waals surface area contributed by atoms with Crippen LogP contribution in [0.1, 0.15) is 22.4 Å². The molecule has 0 unspecified atom stereocenters. The summed E-state index contributed by atoms with van der Waals surface area (Å²) in [6, 6.07) is 11.8. The third-order valence-electron chi connectivity index (χ3n) is 4.16. The van der Waals surface area contributed by atoms with Crippen LogP contribution in [0.2, 0.25) is 0 Å². The number of thioether (sulfide) groups is 1. The summed E-state index contributed by atoms with van der Waals surface area (Å²) in [6.07, 6.45) is 2.84. The number of hydrogen-bond acceptors (Lipinski definition) is 5. The molecule has 124 valence electrons. The first kappa shape index (κ1) is 15.6. The largest absolute Gasteiger partial charge is 0.312 e. The standard InChI is InChI=1S/C16H16N4O2S2/c1-20-9-17-18-16(20)23-15-12-8-4-6-10-5-3-7-11(13(10)12)14(15)19-24(2,21)22/h3-9,14-15,19H,1-2H3/t14-,15+/m0/s1. The quantitative estimate of drug-likeness (QED) is 0.773. The highest BCUT2D eigenvalue weighted by Gasteiger charge is 2.37. The van der Waals surface area contributed by atoms with Gasteiger partial charge >= 0.3 is 0 Å². The van der Waals surface area contributed by atoms with Gasteiger partial charge in [0.05, 0.1) is 17.5 Å². The lowest BCUT2D eigenvalue weighted by molar-refractivity contribution is 0.563. The maximum atomic E-state index is 11.9. The fourth-order valence-corrected chi connectivity index (χ4v) is 5.24. The number of aromatic nitrogens is 3. The number of aryl methyl sites for hydroxylation is 1. The zero-order chi connectivity index (χ0) is 16.9. The molecule has 0 spiro atoms. The first-order chi connectivity index (χ1) is 11.4. The molecule has 4 rings (SSSR count). The van der Waals surface area contributed by atoms with E-state index in [-0.39, 0.29) is 11.3 Å². The Bertz CT molecular complexity index is 1020. The lowest BCUT2D eigenvalue weighted by Crippen LogP contribution is -2.28. The van der Waals surface area contributed by atoms with Crippen LogP contribution in [0.4, 0.5) is 0 Å². The van der Waals surface area contributed by atoms with E-state index in [1.165, 1.54) is 18.0 Å². The molecule has 0 bridgehead atoms. The van der Waals surface area contributed by atoms with Gasteiger partial charge in [0.15, 0.2) is 5.16 Å². The van der Waals surface area contributed by atoms with Crippen molar-refractivity contribution in [3.8, 4) is 0 Å². The van der Waals surface area contributed by atoms with E-state index in [4.69, 9.17) is 0 Å². The maximum Gasteiger partial charge on any atom is 0.209 e. The second-order valence-electron chi connectivity index (χ2n) is 5.92. The lowest BCUT2D eigenvalue weighted by Gasteiger charge is -2.21. The second-order valence-corrected chi connectivity index (χ2v) is 8.81. The van der Waals surface area contributed by atoms with Crippen molar-refractivity contribution in [2.24, 2.45) is 7.05 Å². The van der Waals surface area contributed by atoms with Gasteiger partial charge in [-0.2, -0.15) is 0 Å². The average Bonchev–Trinajstić information content (AvgIpc) is 3.05. The third-order valence-corrected chi connectivity index (χ3v) is 6.20. The van der Waals surface area contributed by atoms with E-state index in [0.717, 1.165) is 27.1 Å². The van der Waals surface area contributed by atoms with Crippen molar-refractivity contribution in [3.63, 3.8) is 0 Å². The predicted octanol–water partition coefficient (Wildman–Crippen LogP) is 2.41. The highest BCUT2D eigenvalue weighted by atomic mass is 32.2.